The van der Waals surface area contributed by atoms with Crippen molar-refractivity contribution >= 4 is 33.3 Å². The predicted molar refractivity (Wildman–Crippen MR) is 94.0 cm³/mol. The van der Waals surface area contributed by atoms with Crippen LogP contribution in [0, 0.1) is 13.8 Å². The van der Waals surface area contributed by atoms with Crippen LogP contribution in [0.5, 0.6) is 0 Å². The highest BCUT2D eigenvalue weighted by atomic mass is 32.1. The Morgan fingerprint density at radius 3 is 2.70 bits per heavy atom. The molecule has 3 rings (SSSR count). The van der Waals surface area contributed by atoms with Crippen LogP contribution < -0.4 is 10.6 Å². The molecular formula is C16H23N5OS. The van der Waals surface area contributed by atoms with Crippen LogP contribution >= 0.6 is 11.3 Å². The van der Waals surface area contributed by atoms with Gasteiger partial charge >= 0.3 is 0 Å². The topological polar surface area (TPSA) is 70.2 Å². The van der Waals surface area contributed by atoms with Crippen LogP contribution in [0.25, 0.3) is 10.2 Å². The fourth-order valence-electron chi connectivity index (χ4n) is 2.89. The molecule has 23 heavy (non-hydrogen) atoms. The molecule has 1 fully saturated rings. The van der Waals surface area contributed by atoms with Crippen LogP contribution in [-0.4, -0.2) is 52.5 Å². The van der Waals surface area contributed by atoms with Crippen molar-refractivity contribution in [2.75, 3.05) is 31.5 Å². The maximum atomic E-state index is 12.8. The normalized spacial score (nSPS) is 15.9. The number of rotatable bonds is 3. The number of anilines is 1. The maximum absolute atomic E-state index is 12.8. The molecule has 0 spiro atoms. The van der Waals surface area contributed by atoms with Gasteiger partial charge in [-0.25, -0.2) is 9.97 Å². The molecule has 2 aromatic rings. The van der Waals surface area contributed by atoms with E-state index < -0.39 is 5.54 Å². The van der Waals surface area contributed by atoms with Crippen molar-refractivity contribution in [3.63, 3.8) is 0 Å². The number of carbonyl (C=O) groups excluding carboxylic acids is 1. The van der Waals surface area contributed by atoms with Gasteiger partial charge in [0.05, 0.1) is 5.39 Å². The second-order valence-corrected chi connectivity index (χ2v) is 7.68. The summed E-state index contributed by atoms with van der Waals surface area (Å²) < 4.78 is 0. The summed E-state index contributed by atoms with van der Waals surface area (Å²) in [5.74, 6) is 0.848. The largest absolute Gasteiger partial charge is 0.356 e. The van der Waals surface area contributed by atoms with Crippen molar-refractivity contribution in [1.82, 2.24) is 20.2 Å². The number of fused-ring (bicyclic) bond motifs is 1. The van der Waals surface area contributed by atoms with Crippen molar-refractivity contribution in [2.45, 2.75) is 33.2 Å². The molecular weight excluding hydrogens is 310 g/mol. The lowest BCUT2D eigenvalue weighted by molar-refractivity contribution is -0.135. The second kappa shape index (κ2) is 6.05. The molecule has 2 aromatic heterocycles. The van der Waals surface area contributed by atoms with Crippen LogP contribution in [-0.2, 0) is 4.79 Å². The molecule has 0 aromatic carbocycles. The third kappa shape index (κ3) is 3.03. The summed E-state index contributed by atoms with van der Waals surface area (Å²) in [6.45, 7) is 11.2. The average molecular weight is 333 g/mol. The molecule has 6 nitrogen and oxygen atoms in total. The van der Waals surface area contributed by atoms with Crippen LogP contribution in [0.4, 0.5) is 5.82 Å². The first kappa shape index (κ1) is 16.1. The Labute approximate surface area is 140 Å². The molecule has 0 saturated carbocycles. The Morgan fingerprint density at radius 1 is 1.30 bits per heavy atom. The number of hydrogen-bond acceptors (Lipinski definition) is 6. The van der Waals surface area contributed by atoms with Gasteiger partial charge in [-0.05, 0) is 33.3 Å². The van der Waals surface area contributed by atoms with Crippen LogP contribution in [0.15, 0.2) is 6.33 Å². The minimum Gasteiger partial charge on any atom is -0.356 e. The number of nitrogens with zero attached hydrogens (tertiary/aromatic N) is 3. The second-order valence-electron chi connectivity index (χ2n) is 6.48. The quantitative estimate of drug-likeness (QED) is 0.898. The molecule has 1 aliphatic rings. The molecule has 124 valence electrons. The van der Waals surface area contributed by atoms with Gasteiger partial charge in [-0.2, -0.15) is 0 Å². The Bertz CT molecular complexity index is 733. The molecule has 0 unspecified atom stereocenters. The van der Waals surface area contributed by atoms with Crippen LogP contribution in [0.1, 0.15) is 24.3 Å². The van der Waals surface area contributed by atoms with E-state index in [1.807, 2.05) is 18.7 Å². The summed E-state index contributed by atoms with van der Waals surface area (Å²) in [5, 5.41) is 7.65. The molecule has 0 atom stereocenters. The summed E-state index contributed by atoms with van der Waals surface area (Å²) in [6, 6.07) is 0. The number of aromatic nitrogens is 2. The highest BCUT2D eigenvalue weighted by Gasteiger charge is 2.33. The Hall–Kier alpha value is -1.73. The van der Waals surface area contributed by atoms with E-state index in [1.54, 1.807) is 17.7 Å². The van der Waals surface area contributed by atoms with Crippen molar-refractivity contribution in [3.8, 4) is 0 Å². The Morgan fingerprint density at radius 2 is 2.00 bits per heavy atom. The Balaban J connectivity index is 1.89. The first-order valence-corrected chi connectivity index (χ1v) is 8.71. The lowest BCUT2D eigenvalue weighted by atomic mass is 10.0. The predicted octanol–water partition coefficient (Wildman–Crippen LogP) is 1.93. The van der Waals surface area contributed by atoms with Crippen molar-refractivity contribution in [2.24, 2.45) is 0 Å². The summed E-state index contributed by atoms with van der Waals surface area (Å²) in [7, 11) is 0. The fourth-order valence-corrected chi connectivity index (χ4v) is 3.89. The molecule has 1 aliphatic heterocycles. The number of amides is 1. The zero-order valence-corrected chi connectivity index (χ0v) is 14.9. The van der Waals surface area contributed by atoms with E-state index in [-0.39, 0.29) is 5.91 Å². The first-order chi connectivity index (χ1) is 10.9. The maximum Gasteiger partial charge on any atom is 0.247 e. The minimum atomic E-state index is -0.707. The lowest BCUT2D eigenvalue weighted by Crippen LogP contribution is -2.55. The van der Waals surface area contributed by atoms with E-state index in [0.717, 1.165) is 42.2 Å². The summed E-state index contributed by atoms with van der Waals surface area (Å²) in [5.41, 5.74) is 0.472. The van der Waals surface area contributed by atoms with Crippen molar-refractivity contribution < 1.29 is 4.79 Å². The standard InChI is InChI=1S/C16H23N5OS/c1-10-11(2)23-14-12(10)13(18-9-19-14)20-16(3,4)15(22)21-7-5-17-6-8-21/h9,17H,5-8H2,1-4H3,(H,18,19,20). The number of thiophene rings is 1. The molecule has 0 bridgehead atoms. The van der Waals surface area contributed by atoms with Crippen molar-refractivity contribution in [3.05, 3.63) is 16.8 Å². The number of piperazine rings is 1. The van der Waals surface area contributed by atoms with E-state index in [2.05, 4.69) is 34.4 Å². The summed E-state index contributed by atoms with van der Waals surface area (Å²) >= 11 is 1.66. The summed E-state index contributed by atoms with van der Waals surface area (Å²) in [6.07, 6.45) is 1.56. The average Bonchev–Trinajstić information content (AvgIpc) is 2.83. The van der Waals surface area contributed by atoms with Gasteiger partial charge in [0, 0.05) is 31.1 Å². The first-order valence-electron chi connectivity index (χ1n) is 7.89. The zero-order chi connectivity index (χ0) is 16.6. The van der Waals surface area contributed by atoms with E-state index in [4.69, 9.17) is 0 Å². The highest BCUT2D eigenvalue weighted by molar-refractivity contribution is 7.18. The molecule has 1 amide bonds. The van der Waals surface area contributed by atoms with Crippen LogP contribution in [0.2, 0.25) is 0 Å². The molecule has 3 heterocycles. The van der Waals surface area contributed by atoms with Gasteiger partial charge in [0.1, 0.15) is 22.5 Å². The number of aryl methyl sites for hydroxylation is 2. The van der Waals surface area contributed by atoms with Gasteiger partial charge in [-0.15, -0.1) is 11.3 Å². The highest BCUT2D eigenvalue weighted by Crippen LogP contribution is 2.33. The third-order valence-electron chi connectivity index (χ3n) is 4.34. The van der Waals surface area contributed by atoms with Gasteiger partial charge in [0.15, 0.2) is 0 Å². The smallest absolute Gasteiger partial charge is 0.247 e. The van der Waals surface area contributed by atoms with Gasteiger partial charge in [-0.3, -0.25) is 4.79 Å². The van der Waals surface area contributed by atoms with Gasteiger partial charge < -0.3 is 15.5 Å². The molecule has 2 N–H and O–H groups in total. The van der Waals surface area contributed by atoms with Crippen LogP contribution in [0.3, 0.4) is 0 Å². The van der Waals surface area contributed by atoms with Gasteiger partial charge in [-0.1, -0.05) is 0 Å². The van der Waals surface area contributed by atoms with E-state index in [0.29, 0.717) is 0 Å². The van der Waals surface area contributed by atoms with E-state index in [1.165, 1.54) is 10.4 Å². The molecule has 7 heteroatoms. The summed E-state index contributed by atoms with van der Waals surface area (Å²) in [4.78, 5) is 25.7. The third-order valence-corrected chi connectivity index (χ3v) is 5.45. The monoisotopic (exact) mass is 333 g/mol. The van der Waals surface area contributed by atoms with E-state index in [9.17, 15) is 4.79 Å². The molecule has 0 radical (unpaired) electrons. The number of nitrogens with one attached hydrogen (secondary N) is 2. The lowest BCUT2D eigenvalue weighted by Gasteiger charge is -2.35. The number of carbonyl (C=O) groups is 1. The number of hydrogen-bond donors (Lipinski definition) is 2. The van der Waals surface area contributed by atoms with Crippen molar-refractivity contribution in [1.29, 1.82) is 0 Å². The Kier molecular flexibility index (Phi) is 4.25. The molecule has 1 saturated heterocycles. The van der Waals surface area contributed by atoms with Gasteiger partial charge in [0.25, 0.3) is 0 Å². The molecule has 0 aliphatic carbocycles. The SMILES string of the molecule is Cc1sc2ncnc(NC(C)(C)C(=O)N3CCNCC3)c2c1C. The van der Waals surface area contributed by atoms with Gasteiger partial charge in [0.2, 0.25) is 5.91 Å². The fraction of sp³-hybridized carbons (Fsp3) is 0.562. The van der Waals surface area contributed by atoms with E-state index >= 15 is 0 Å². The zero-order valence-electron chi connectivity index (χ0n) is 14.1. The minimum absolute atomic E-state index is 0.107.